The quantitative estimate of drug-likeness (QED) is 0.169. The zero-order valence-electron chi connectivity index (χ0n) is 27.6. The summed E-state index contributed by atoms with van der Waals surface area (Å²) in [5.74, 6) is -3.56. The lowest BCUT2D eigenvalue weighted by Gasteiger charge is -2.39. The summed E-state index contributed by atoms with van der Waals surface area (Å²) in [6, 6.07) is 12.5. The number of carbonyl (C=O) groups excluding carboxylic acids is 4. The minimum atomic E-state index is -1.32. The summed E-state index contributed by atoms with van der Waals surface area (Å²) in [5, 5.41) is 13.3. The van der Waals surface area contributed by atoms with Crippen LogP contribution in [0.2, 0.25) is 0 Å². The lowest BCUT2D eigenvalue weighted by Crippen LogP contribution is -2.59. The van der Waals surface area contributed by atoms with Crippen LogP contribution in [-0.2, 0) is 28.7 Å². The van der Waals surface area contributed by atoms with Gasteiger partial charge in [-0.1, -0.05) is 70.5 Å². The van der Waals surface area contributed by atoms with Crippen LogP contribution in [0.3, 0.4) is 0 Å². The Balaban J connectivity index is 1.50. The van der Waals surface area contributed by atoms with E-state index in [4.69, 9.17) is 9.47 Å². The van der Waals surface area contributed by atoms with E-state index >= 15 is 0 Å². The van der Waals surface area contributed by atoms with E-state index in [-0.39, 0.29) is 36.9 Å². The average Bonchev–Trinajstić information content (AvgIpc) is 3.68. The number of aryl methyl sites for hydroxylation is 2. The molecule has 2 bridgehead atoms. The molecule has 0 aromatic heterocycles. The molecule has 0 radical (unpaired) electrons. The van der Waals surface area contributed by atoms with Gasteiger partial charge in [0.25, 0.3) is 5.91 Å². The molecule has 3 saturated heterocycles. The highest BCUT2D eigenvalue weighted by Crippen LogP contribution is 2.60. The number of nitrogens with zero attached hydrogens (tertiary/aromatic N) is 2. The first-order valence-corrected chi connectivity index (χ1v) is 17.3. The van der Waals surface area contributed by atoms with Crippen LogP contribution in [0.1, 0.15) is 48.9 Å². The topological polar surface area (TPSA) is 125 Å². The van der Waals surface area contributed by atoms with Crippen LogP contribution in [-0.4, -0.2) is 82.1 Å². The fraction of sp³-hybridized carbons (Fsp3) is 0.459. The minimum absolute atomic E-state index is 0.105. The fourth-order valence-electron chi connectivity index (χ4n) is 7.45. The Hall–Kier alpha value is -3.80. The predicted octanol–water partition coefficient (Wildman–Crippen LogP) is 4.32. The highest BCUT2D eigenvalue weighted by atomic mass is 79.9. The summed E-state index contributed by atoms with van der Waals surface area (Å²) >= 11 is 3.72. The highest BCUT2D eigenvalue weighted by Gasteiger charge is 2.77. The van der Waals surface area contributed by atoms with Crippen LogP contribution in [0.5, 0.6) is 0 Å². The molecule has 3 aliphatic rings. The van der Waals surface area contributed by atoms with Crippen molar-refractivity contribution in [3.05, 3.63) is 90.5 Å². The summed E-state index contributed by atoms with van der Waals surface area (Å²) < 4.78 is 12.2. The molecule has 3 amide bonds. The number of likely N-dealkylation sites (tertiary alicyclic amines) is 1. The lowest BCUT2D eigenvalue weighted by atomic mass is 9.70. The molecule has 8 atom stereocenters. The maximum atomic E-state index is 14.8. The first-order valence-electron chi connectivity index (χ1n) is 16.3. The molecule has 48 heavy (non-hydrogen) atoms. The Morgan fingerprint density at radius 3 is 2.58 bits per heavy atom. The number of allylic oxidation sites excluding steroid dienone is 1. The standard InChI is InChI=1S/C37H44BrN3O7/c1-6-8-14-29(43)47-21-27(25-12-10-9-11-13-25)39-34(44)30-31-35(45)41(24(5)20-42)33(37(31)19-26(38)32(30)48-37)36(46)40(17-7-2)28-18-22(3)15-16-23(28)4/h6-7,9-13,15-16,18,24,26-27,30-33,42H,1-2,8,14,17,19-21H2,3-5H3,(H,39,44)/t24-,26?,27+,30+,31-,32+,33+,37-/m1/s1. The van der Waals surface area contributed by atoms with E-state index in [0.717, 1.165) is 16.7 Å². The molecule has 0 aliphatic carbocycles. The van der Waals surface area contributed by atoms with Crippen molar-refractivity contribution < 1.29 is 33.8 Å². The highest BCUT2D eigenvalue weighted by molar-refractivity contribution is 9.09. The number of anilines is 1. The third-order valence-electron chi connectivity index (χ3n) is 9.72. The van der Waals surface area contributed by atoms with E-state index in [2.05, 4.69) is 34.4 Å². The van der Waals surface area contributed by atoms with E-state index in [0.29, 0.717) is 18.5 Å². The molecule has 2 aromatic carbocycles. The van der Waals surface area contributed by atoms with Crippen LogP contribution < -0.4 is 10.2 Å². The molecule has 3 aliphatic heterocycles. The molecule has 5 rings (SSSR count). The number of fused-ring (bicyclic) bond motifs is 1. The largest absolute Gasteiger partial charge is 0.463 e. The first-order chi connectivity index (χ1) is 23.0. The van der Waals surface area contributed by atoms with Crippen molar-refractivity contribution in [1.29, 1.82) is 0 Å². The second-order valence-corrected chi connectivity index (χ2v) is 14.1. The molecule has 2 aromatic rings. The van der Waals surface area contributed by atoms with Crippen LogP contribution in [0.25, 0.3) is 0 Å². The minimum Gasteiger partial charge on any atom is -0.463 e. The molecule has 1 unspecified atom stereocenters. The van der Waals surface area contributed by atoms with Crippen molar-refractivity contribution in [2.75, 3.05) is 24.7 Å². The number of esters is 1. The Morgan fingerprint density at radius 1 is 1.19 bits per heavy atom. The van der Waals surface area contributed by atoms with Gasteiger partial charge in [0.1, 0.15) is 18.2 Å². The molecular weight excluding hydrogens is 678 g/mol. The summed E-state index contributed by atoms with van der Waals surface area (Å²) in [5.41, 5.74) is 1.93. The molecule has 256 valence electrons. The van der Waals surface area contributed by atoms with Crippen molar-refractivity contribution in [1.82, 2.24) is 10.2 Å². The van der Waals surface area contributed by atoms with Gasteiger partial charge in [-0.2, -0.15) is 0 Å². The monoisotopic (exact) mass is 721 g/mol. The van der Waals surface area contributed by atoms with Gasteiger partial charge in [0.2, 0.25) is 11.8 Å². The normalized spacial score (nSPS) is 26.8. The van der Waals surface area contributed by atoms with E-state index in [1.807, 2.05) is 62.4 Å². The molecule has 3 heterocycles. The zero-order valence-corrected chi connectivity index (χ0v) is 29.2. The lowest BCUT2D eigenvalue weighted by molar-refractivity contribution is -0.146. The number of ether oxygens (including phenoxy) is 2. The van der Waals surface area contributed by atoms with Crippen LogP contribution in [0.15, 0.2) is 73.8 Å². The summed E-state index contributed by atoms with van der Waals surface area (Å²) in [6.07, 6.45) is 3.53. The van der Waals surface area contributed by atoms with E-state index in [1.165, 1.54) is 4.90 Å². The van der Waals surface area contributed by atoms with Crippen LogP contribution in [0, 0.1) is 25.7 Å². The molecule has 1 spiro atoms. The molecule has 10 nitrogen and oxygen atoms in total. The number of hydrogen-bond acceptors (Lipinski definition) is 7. The van der Waals surface area contributed by atoms with Gasteiger partial charge in [0.15, 0.2) is 0 Å². The second kappa shape index (κ2) is 14.8. The zero-order chi connectivity index (χ0) is 34.7. The van der Waals surface area contributed by atoms with Gasteiger partial charge in [0.05, 0.1) is 36.6 Å². The summed E-state index contributed by atoms with van der Waals surface area (Å²) in [6.45, 7) is 12.8. The second-order valence-electron chi connectivity index (χ2n) is 13.0. The fourth-order valence-corrected chi connectivity index (χ4v) is 8.39. The number of alkyl halides is 1. The Morgan fingerprint density at radius 2 is 1.92 bits per heavy atom. The Kier molecular flexibility index (Phi) is 10.9. The van der Waals surface area contributed by atoms with Crippen molar-refractivity contribution in [2.24, 2.45) is 11.8 Å². The summed E-state index contributed by atoms with van der Waals surface area (Å²) in [4.78, 5) is 58.7. The van der Waals surface area contributed by atoms with Crippen molar-refractivity contribution in [3.8, 4) is 0 Å². The van der Waals surface area contributed by atoms with Gasteiger partial charge in [0, 0.05) is 23.5 Å². The maximum absolute atomic E-state index is 14.8. The number of halogens is 1. The van der Waals surface area contributed by atoms with Gasteiger partial charge < -0.3 is 29.7 Å². The number of amides is 3. The molecule has 2 N–H and O–H groups in total. The van der Waals surface area contributed by atoms with E-state index < -0.39 is 59.5 Å². The van der Waals surface area contributed by atoms with E-state index in [9.17, 15) is 24.3 Å². The number of aliphatic hydroxyl groups excluding tert-OH is 1. The van der Waals surface area contributed by atoms with E-state index in [1.54, 1.807) is 24.0 Å². The third-order valence-corrected chi connectivity index (χ3v) is 10.6. The van der Waals surface area contributed by atoms with Crippen LogP contribution >= 0.6 is 15.9 Å². The Bertz CT molecular complexity index is 1570. The van der Waals surface area contributed by atoms with Gasteiger partial charge in [-0.05, 0) is 56.4 Å². The number of aliphatic hydroxyl groups is 1. The average molecular weight is 723 g/mol. The van der Waals surface area contributed by atoms with Crippen molar-refractivity contribution in [2.45, 2.75) is 74.7 Å². The van der Waals surface area contributed by atoms with Crippen LogP contribution in [0.4, 0.5) is 5.69 Å². The molecule has 0 saturated carbocycles. The third kappa shape index (κ3) is 6.47. The number of hydrogen-bond donors (Lipinski definition) is 2. The predicted molar refractivity (Wildman–Crippen MR) is 185 cm³/mol. The first kappa shape index (κ1) is 35.5. The number of benzene rings is 2. The smallest absolute Gasteiger partial charge is 0.306 e. The van der Waals surface area contributed by atoms with Gasteiger partial charge in [-0.3, -0.25) is 19.2 Å². The number of nitrogens with one attached hydrogen (secondary N) is 1. The summed E-state index contributed by atoms with van der Waals surface area (Å²) in [7, 11) is 0. The molecular formula is C37H44BrN3O7. The maximum Gasteiger partial charge on any atom is 0.306 e. The van der Waals surface area contributed by atoms with Crippen molar-refractivity contribution >= 4 is 45.3 Å². The SMILES string of the molecule is C=CCCC(=O)OC[C@H](NC(=O)[C@@H]1[C@H]2O[C@@]3(CC2Br)[C@H](C(=O)N(CC=C)c2cc(C)ccc2C)N([C@H](C)CO)C(=O)[C@@H]13)c1ccccc1. The Labute approximate surface area is 290 Å². The molecule has 3 fully saturated rings. The van der Waals surface area contributed by atoms with Gasteiger partial charge in [-0.15, -0.1) is 13.2 Å². The molecule has 11 heteroatoms. The van der Waals surface area contributed by atoms with Gasteiger partial charge >= 0.3 is 5.97 Å². The van der Waals surface area contributed by atoms with Crippen molar-refractivity contribution in [3.63, 3.8) is 0 Å². The van der Waals surface area contributed by atoms with Gasteiger partial charge in [-0.25, -0.2) is 0 Å². The number of rotatable bonds is 14. The number of carbonyl (C=O) groups is 4.